The van der Waals surface area contributed by atoms with Gasteiger partial charge < -0.3 is 15.1 Å². The number of halogens is 1. The average Bonchev–Trinajstić information content (AvgIpc) is 3.01. The molecule has 6 heteroatoms. The normalized spacial score (nSPS) is 16.4. The number of benzene rings is 2. The summed E-state index contributed by atoms with van der Waals surface area (Å²) in [5.41, 5.74) is 1.72. The van der Waals surface area contributed by atoms with Crippen molar-refractivity contribution in [1.29, 1.82) is 0 Å². The van der Waals surface area contributed by atoms with Crippen LogP contribution in [0.4, 0.5) is 10.1 Å². The van der Waals surface area contributed by atoms with Crippen LogP contribution in [0.2, 0.25) is 0 Å². The topological polar surface area (TPSA) is 71.3 Å². The first-order valence-corrected chi connectivity index (χ1v) is 7.94. The summed E-state index contributed by atoms with van der Waals surface area (Å²) in [6, 6.07) is 13.5. The molecule has 0 radical (unpaired) electrons. The summed E-state index contributed by atoms with van der Waals surface area (Å²) in [6.45, 7) is 0.224. The lowest BCUT2D eigenvalue weighted by atomic mass is 9.89. The van der Waals surface area contributed by atoms with Gasteiger partial charge in [-0.05, 0) is 29.8 Å². The fraction of sp³-hybridized carbons (Fsp3) is 0.158. The van der Waals surface area contributed by atoms with Crippen molar-refractivity contribution in [2.75, 3.05) is 5.32 Å². The molecule has 2 heterocycles. The number of hydrogen-bond donors (Lipinski definition) is 2. The predicted molar refractivity (Wildman–Crippen MR) is 90.4 cm³/mol. The standard InChI is InChI=1S/C19H15FN2O3/c20-12-5-6-14-15(9-18(23)22-16(14)8-12)19(24)21-10-13-7-11-3-1-2-4-17(11)25-13/h1-8,15H,9-10H2,(H,21,24)(H,22,23). The van der Waals surface area contributed by atoms with E-state index < -0.39 is 11.7 Å². The summed E-state index contributed by atoms with van der Waals surface area (Å²) in [4.78, 5) is 24.4. The molecule has 1 unspecified atom stereocenters. The third-order valence-electron chi connectivity index (χ3n) is 4.28. The quantitative estimate of drug-likeness (QED) is 0.770. The van der Waals surface area contributed by atoms with E-state index in [2.05, 4.69) is 10.6 Å². The van der Waals surface area contributed by atoms with E-state index in [9.17, 15) is 14.0 Å². The summed E-state index contributed by atoms with van der Waals surface area (Å²) >= 11 is 0. The third-order valence-corrected chi connectivity index (χ3v) is 4.28. The van der Waals surface area contributed by atoms with Gasteiger partial charge in [0.05, 0.1) is 12.5 Å². The number of nitrogens with one attached hydrogen (secondary N) is 2. The van der Waals surface area contributed by atoms with Crippen LogP contribution in [0.3, 0.4) is 0 Å². The van der Waals surface area contributed by atoms with Crippen LogP contribution < -0.4 is 10.6 Å². The monoisotopic (exact) mass is 338 g/mol. The zero-order valence-corrected chi connectivity index (χ0v) is 13.2. The van der Waals surface area contributed by atoms with Gasteiger partial charge in [0, 0.05) is 17.5 Å². The van der Waals surface area contributed by atoms with Gasteiger partial charge in [0.25, 0.3) is 0 Å². The van der Waals surface area contributed by atoms with Gasteiger partial charge in [0.15, 0.2) is 0 Å². The van der Waals surface area contributed by atoms with E-state index in [-0.39, 0.29) is 24.8 Å². The molecule has 3 aromatic rings. The zero-order valence-electron chi connectivity index (χ0n) is 13.2. The second-order valence-corrected chi connectivity index (χ2v) is 6.00. The predicted octanol–water partition coefficient (Wildman–Crippen LogP) is 3.31. The fourth-order valence-corrected chi connectivity index (χ4v) is 3.09. The van der Waals surface area contributed by atoms with Crippen LogP contribution in [0.5, 0.6) is 0 Å². The van der Waals surface area contributed by atoms with Crippen molar-refractivity contribution in [2.45, 2.75) is 18.9 Å². The minimum Gasteiger partial charge on any atom is -0.459 e. The summed E-state index contributed by atoms with van der Waals surface area (Å²) in [6.07, 6.45) is 0.0323. The molecule has 4 rings (SSSR count). The largest absolute Gasteiger partial charge is 0.459 e. The molecule has 1 aliphatic rings. The molecule has 0 saturated carbocycles. The van der Waals surface area contributed by atoms with Crippen molar-refractivity contribution < 1.29 is 18.4 Å². The summed E-state index contributed by atoms with van der Waals surface area (Å²) in [7, 11) is 0. The second kappa shape index (κ2) is 6.05. The lowest BCUT2D eigenvalue weighted by Crippen LogP contribution is -2.34. The molecule has 0 fully saturated rings. The van der Waals surface area contributed by atoms with E-state index >= 15 is 0 Å². The van der Waals surface area contributed by atoms with Gasteiger partial charge in [-0.3, -0.25) is 9.59 Å². The first kappa shape index (κ1) is 15.4. The molecule has 2 N–H and O–H groups in total. The Morgan fingerprint density at radius 1 is 1.24 bits per heavy atom. The average molecular weight is 338 g/mol. The van der Waals surface area contributed by atoms with Crippen molar-refractivity contribution in [3.63, 3.8) is 0 Å². The Kier molecular flexibility index (Phi) is 3.72. The maximum Gasteiger partial charge on any atom is 0.228 e. The van der Waals surface area contributed by atoms with Crippen LogP contribution in [-0.2, 0) is 16.1 Å². The van der Waals surface area contributed by atoms with Gasteiger partial charge >= 0.3 is 0 Å². The van der Waals surface area contributed by atoms with Gasteiger partial charge in [0.1, 0.15) is 17.2 Å². The number of anilines is 1. The molecule has 5 nitrogen and oxygen atoms in total. The fourth-order valence-electron chi connectivity index (χ4n) is 3.09. The summed E-state index contributed by atoms with van der Waals surface area (Å²) in [5.74, 6) is -1.06. The Morgan fingerprint density at radius 3 is 2.92 bits per heavy atom. The molecule has 2 amide bonds. The van der Waals surface area contributed by atoms with Crippen LogP contribution in [0.1, 0.15) is 23.7 Å². The van der Waals surface area contributed by atoms with Crippen molar-refractivity contribution in [1.82, 2.24) is 5.32 Å². The maximum atomic E-state index is 13.4. The van der Waals surface area contributed by atoms with Crippen LogP contribution in [0.15, 0.2) is 52.9 Å². The molecule has 126 valence electrons. The molecule has 1 aromatic heterocycles. The van der Waals surface area contributed by atoms with Crippen molar-refractivity contribution in [2.24, 2.45) is 0 Å². The molecule has 25 heavy (non-hydrogen) atoms. The van der Waals surface area contributed by atoms with Crippen molar-refractivity contribution >= 4 is 28.5 Å². The van der Waals surface area contributed by atoms with Gasteiger partial charge in [-0.25, -0.2) is 4.39 Å². The summed E-state index contributed by atoms with van der Waals surface area (Å²) < 4.78 is 19.0. The highest BCUT2D eigenvalue weighted by atomic mass is 19.1. The molecule has 0 bridgehead atoms. The Labute approximate surface area is 142 Å². The molecule has 0 saturated heterocycles. The third kappa shape index (κ3) is 2.98. The molecule has 1 aliphatic heterocycles. The first-order valence-electron chi connectivity index (χ1n) is 7.94. The van der Waals surface area contributed by atoms with E-state index in [1.165, 1.54) is 18.2 Å². The lowest BCUT2D eigenvalue weighted by molar-refractivity contribution is -0.126. The molecule has 0 aliphatic carbocycles. The Morgan fingerprint density at radius 2 is 2.08 bits per heavy atom. The molecule has 2 aromatic carbocycles. The van der Waals surface area contributed by atoms with Gasteiger partial charge in [-0.1, -0.05) is 24.3 Å². The molecular weight excluding hydrogens is 323 g/mol. The maximum absolute atomic E-state index is 13.4. The van der Waals surface area contributed by atoms with E-state index in [1.54, 1.807) is 0 Å². The van der Waals surface area contributed by atoms with Crippen molar-refractivity contribution in [3.05, 3.63) is 65.7 Å². The number of carbonyl (C=O) groups is 2. The number of para-hydroxylation sites is 1. The van der Waals surface area contributed by atoms with Crippen LogP contribution in [-0.4, -0.2) is 11.8 Å². The summed E-state index contributed by atoms with van der Waals surface area (Å²) in [5, 5.41) is 6.36. The smallest absolute Gasteiger partial charge is 0.228 e. The van der Waals surface area contributed by atoms with Gasteiger partial charge in [-0.15, -0.1) is 0 Å². The van der Waals surface area contributed by atoms with Gasteiger partial charge in [0.2, 0.25) is 11.8 Å². The highest BCUT2D eigenvalue weighted by Gasteiger charge is 2.30. The van der Waals surface area contributed by atoms with E-state index in [4.69, 9.17) is 4.42 Å². The Hall–Kier alpha value is -3.15. The van der Waals surface area contributed by atoms with Crippen molar-refractivity contribution in [3.8, 4) is 0 Å². The number of amides is 2. The second-order valence-electron chi connectivity index (χ2n) is 6.00. The van der Waals surface area contributed by atoms with E-state index in [1.807, 2.05) is 30.3 Å². The highest BCUT2D eigenvalue weighted by Crippen LogP contribution is 2.33. The number of carbonyl (C=O) groups excluding carboxylic acids is 2. The zero-order chi connectivity index (χ0) is 17.4. The minimum absolute atomic E-state index is 0.0323. The number of fused-ring (bicyclic) bond motifs is 2. The molecule has 1 atom stereocenters. The SMILES string of the molecule is O=C1CC(C(=O)NCc2cc3ccccc3o2)c2ccc(F)cc2N1. The van der Waals surface area contributed by atoms with E-state index in [0.717, 1.165) is 11.0 Å². The molecular formula is C19H15FN2O3. The Balaban J connectivity index is 1.52. The van der Waals surface area contributed by atoms with Crippen LogP contribution >= 0.6 is 0 Å². The first-order chi connectivity index (χ1) is 12.1. The molecule has 0 spiro atoms. The highest BCUT2D eigenvalue weighted by molar-refractivity contribution is 6.01. The number of rotatable bonds is 3. The number of hydrogen-bond acceptors (Lipinski definition) is 3. The minimum atomic E-state index is -0.645. The lowest BCUT2D eigenvalue weighted by Gasteiger charge is -2.24. The Bertz CT molecular complexity index is 947. The van der Waals surface area contributed by atoms with Crippen LogP contribution in [0.25, 0.3) is 11.0 Å². The van der Waals surface area contributed by atoms with E-state index in [0.29, 0.717) is 17.0 Å². The van der Waals surface area contributed by atoms with Gasteiger partial charge in [-0.2, -0.15) is 0 Å². The number of furan rings is 1. The van der Waals surface area contributed by atoms with Crippen LogP contribution in [0, 0.1) is 5.82 Å².